The highest BCUT2D eigenvalue weighted by Gasteiger charge is 2.33. The number of anilines is 1. The van der Waals surface area contributed by atoms with Gasteiger partial charge < -0.3 is 24.1 Å². The van der Waals surface area contributed by atoms with Crippen molar-refractivity contribution in [2.24, 2.45) is 15.3 Å². The maximum absolute atomic E-state index is 13.0. The van der Waals surface area contributed by atoms with Crippen molar-refractivity contribution in [3.05, 3.63) is 78.3 Å². The molecule has 0 fully saturated rings. The van der Waals surface area contributed by atoms with Crippen LogP contribution in [0.25, 0.3) is 0 Å². The summed E-state index contributed by atoms with van der Waals surface area (Å²) < 4.78 is 20.6. The minimum absolute atomic E-state index is 0.0115. The van der Waals surface area contributed by atoms with Crippen LogP contribution in [0.2, 0.25) is 0 Å². The van der Waals surface area contributed by atoms with Gasteiger partial charge in [-0.05, 0) is 32.1 Å². The summed E-state index contributed by atoms with van der Waals surface area (Å²) in [7, 11) is 0. The van der Waals surface area contributed by atoms with Gasteiger partial charge in [-0.1, -0.05) is 48.1 Å². The molecule has 1 atom stereocenters. The van der Waals surface area contributed by atoms with Crippen LogP contribution in [0, 0.1) is 0 Å². The van der Waals surface area contributed by atoms with Gasteiger partial charge in [0.15, 0.2) is 0 Å². The van der Waals surface area contributed by atoms with Crippen molar-refractivity contribution in [3.63, 3.8) is 0 Å². The third-order valence-corrected chi connectivity index (χ3v) is 5.32. The first-order valence-electron chi connectivity index (χ1n) is 12.4. The number of para-hydroxylation sites is 1. The molecule has 0 radical (unpaired) electrons. The molecular formula is C28H28N4O8. The monoisotopic (exact) mass is 548 g/mol. The predicted octanol–water partition coefficient (Wildman–Crippen LogP) is 2.11. The normalized spacial score (nSPS) is 18.2. The van der Waals surface area contributed by atoms with Crippen LogP contribution in [0.4, 0.5) is 5.69 Å². The molecule has 0 saturated heterocycles. The Kier molecular flexibility index (Phi) is 10.9. The molecule has 208 valence electrons. The zero-order valence-electron chi connectivity index (χ0n) is 22.1. The fourth-order valence-corrected chi connectivity index (χ4v) is 3.61. The number of nitrogens with zero attached hydrogens (tertiary/aromatic N) is 4. The van der Waals surface area contributed by atoms with Gasteiger partial charge in [-0.25, -0.2) is 9.59 Å². The molecule has 1 unspecified atom stereocenters. The van der Waals surface area contributed by atoms with Crippen molar-refractivity contribution in [1.82, 2.24) is 0 Å². The summed E-state index contributed by atoms with van der Waals surface area (Å²) >= 11 is 0. The van der Waals surface area contributed by atoms with E-state index in [-0.39, 0.29) is 55.4 Å². The number of benzene rings is 1. The summed E-state index contributed by atoms with van der Waals surface area (Å²) in [5.41, 5.74) is 0.898. The summed E-state index contributed by atoms with van der Waals surface area (Å²) in [5, 5.41) is 26.3. The van der Waals surface area contributed by atoms with Gasteiger partial charge in [-0.15, -0.1) is 0 Å². The van der Waals surface area contributed by atoms with Crippen molar-refractivity contribution >= 4 is 41.2 Å². The standard InChI is InChI=1S/C28H28N4O8/c1-4-15-39-27(35)21-12-8-10-14-24(21)32-19(16-23(31-32)28(36)38-6-3)18-40-26(34)20-11-7-9-13-22(20)30-29-17-25(33)37-5-2/h4,7-14,19H,1,5-6,15-16,18H2,2-3H3. The number of carbonyl (C=O) groups excluding carboxylic acids is 3. The van der Waals surface area contributed by atoms with Gasteiger partial charge in [0.25, 0.3) is 0 Å². The first-order valence-corrected chi connectivity index (χ1v) is 12.4. The summed E-state index contributed by atoms with van der Waals surface area (Å²) in [4.78, 5) is 36.6. The molecule has 40 heavy (non-hydrogen) atoms. The first kappa shape index (κ1) is 29.5. The zero-order chi connectivity index (χ0) is 28.9. The lowest BCUT2D eigenvalue weighted by atomic mass is 10.1. The van der Waals surface area contributed by atoms with E-state index in [9.17, 15) is 19.5 Å². The van der Waals surface area contributed by atoms with Gasteiger partial charge in [0, 0.05) is 18.6 Å². The minimum Gasteiger partial charge on any atom is -0.611 e. The molecule has 0 saturated carbocycles. The van der Waals surface area contributed by atoms with Crippen LogP contribution in [-0.4, -0.2) is 68.0 Å². The quantitative estimate of drug-likeness (QED) is 0.0727. The van der Waals surface area contributed by atoms with E-state index in [4.69, 9.17) is 18.9 Å². The number of carbonyl (C=O) groups is 3. The Hall–Kier alpha value is -5.09. The maximum atomic E-state index is 13.0. The van der Waals surface area contributed by atoms with Gasteiger partial charge in [0.05, 0.1) is 42.2 Å². The summed E-state index contributed by atoms with van der Waals surface area (Å²) in [6.07, 6.45) is 9.87. The smallest absolute Gasteiger partial charge is 0.611 e. The lowest BCUT2D eigenvalue weighted by Gasteiger charge is -2.29. The van der Waals surface area contributed by atoms with Crippen LogP contribution in [0.15, 0.2) is 88.0 Å². The molecule has 0 amide bonds. The third kappa shape index (κ3) is 7.71. The van der Waals surface area contributed by atoms with Crippen LogP contribution < -0.4 is 10.1 Å². The fourth-order valence-electron chi connectivity index (χ4n) is 3.61. The van der Waals surface area contributed by atoms with Gasteiger partial charge in [0.2, 0.25) is 0 Å². The molecule has 0 bridgehead atoms. The number of ether oxygens (including phenoxy) is 4. The molecular weight excluding hydrogens is 520 g/mol. The van der Waals surface area contributed by atoms with Crippen molar-refractivity contribution in [2.45, 2.75) is 26.3 Å². The Morgan fingerprint density at radius 2 is 1.85 bits per heavy atom. The SMILES string of the molecule is C=CCOC(=O)c1ccccc1N1N=C(C(=O)OCC)CC1CO/C([O-])=C1\C=CC=C\C1=N/N=[C+]C(=O)OCC. The van der Waals surface area contributed by atoms with Crippen LogP contribution in [0.1, 0.15) is 30.6 Å². The van der Waals surface area contributed by atoms with E-state index >= 15 is 0 Å². The average molecular weight is 549 g/mol. The van der Waals surface area contributed by atoms with Crippen LogP contribution in [0.3, 0.4) is 0 Å². The van der Waals surface area contributed by atoms with Crippen LogP contribution in [-0.2, 0) is 28.5 Å². The molecule has 0 aromatic heterocycles. The number of allylic oxidation sites excluding steroid dienone is 5. The number of rotatable bonds is 12. The zero-order valence-corrected chi connectivity index (χ0v) is 22.1. The van der Waals surface area contributed by atoms with Gasteiger partial charge in [-0.3, -0.25) is 5.01 Å². The second-order valence-corrected chi connectivity index (χ2v) is 8.02. The van der Waals surface area contributed by atoms with E-state index in [1.807, 2.05) is 0 Å². The molecule has 2 aliphatic rings. The van der Waals surface area contributed by atoms with Crippen LogP contribution in [0.5, 0.6) is 0 Å². The lowest BCUT2D eigenvalue weighted by molar-refractivity contribution is -0.358. The Morgan fingerprint density at radius 3 is 2.60 bits per heavy atom. The molecule has 1 aliphatic carbocycles. The molecule has 0 N–H and O–H groups in total. The molecule has 12 heteroatoms. The highest BCUT2D eigenvalue weighted by molar-refractivity contribution is 6.37. The van der Waals surface area contributed by atoms with Gasteiger partial charge >= 0.3 is 24.1 Å². The predicted molar refractivity (Wildman–Crippen MR) is 145 cm³/mol. The Balaban J connectivity index is 1.86. The number of hydrogen-bond acceptors (Lipinski definition) is 12. The van der Waals surface area contributed by atoms with Gasteiger partial charge in [0.1, 0.15) is 17.4 Å². The molecule has 1 heterocycles. The average Bonchev–Trinajstić information content (AvgIpc) is 3.39. The molecule has 1 aliphatic heterocycles. The molecule has 0 spiro atoms. The number of hydrazone groups is 1. The Morgan fingerprint density at radius 1 is 1.10 bits per heavy atom. The maximum Gasteiger partial charge on any atom is 0.619 e. The molecule has 1 aromatic rings. The lowest BCUT2D eigenvalue weighted by Crippen LogP contribution is -2.33. The topological polar surface area (TPSA) is 152 Å². The molecule has 1 aromatic carbocycles. The van der Waals surface area contributed by atoms with Crippen molar-refractivity contribution < 1.29 is 38.4 Å². The van der Waals surface area contributed by atoms with E-state index in [2.05, 4.69) is 28.1 Å². The van der Waals surface area contributed by atoms with E-state index in [1.54, 1.807) is 50.3 Å². The largest absolute Gasteiger partial charge is 0.619 e. The van der Waals surface area contributed by atoms with Crippen LogP contribution >= 0.6 is 0 Å². The van der Waals surface area contributed by atoms with E-state index in [0.29, 0.717) is 5.69 Å². The second-order valence-electron chi connectivity index (χ2n) is 8.02. The van der Waals surface area contributed by atoms with Crippen molar-refractivity contribution in [3.8, 4) is 0 Å². The molecule has 3 rings (SSSR count). The highest BCUT2D eigenvalue weighted by atomic mass is 16.6. The highest BCUT2D eigenvalue weighted by Crippen LogP contribution is 2.29. The second kappa shape index (κ2) is 14.7. The Labute approximate surface area is 231 Å². The minimum atomic E-state index is -0.793. The molecule has 12 nitrogen and oxygen atoms in total. The van der Waals surface area contributed by atoms with E-state index in [1.165, 1.54) is 23.2 Å². The number of esters is 3. The number of hydrogen-bond donors (Lipinski definition) is 0. The third-order valence-electron chi connectivity index (χ3n) is 5.32. The van der Waals surface area contributed by atoms with Crippen molar-refractivity contribution in [1.29, 1.82) is 0 Å². The van der Waals surface area contributed by atoms with Crippen molar-refractivity contribution in [2.75, 3.05) is 31.4 Å². The van der Waals surface area contributed by atoms with Gasteiger partial charge in [-0.2, -0.15) is 9.90 Å². The first-order chi connectivity index (χ1) is 19.4. The summed E-state index contributed by atoms with van der Waals surface area (Å²) in [6.45, 7) is 6.98. The Bertz CT molecular complexity index is 1310. The fraction of sp³-hybridized carbons (Fsp3) is 0.286. The van der Waals surface area contributed by atoms with E-state index < -0.39 is 29.9 Å². The van der Waals surface area contributed by atoms with E-state index in [0.717, 1.165) is 0 Å². The summed E-state index contributed by atoms with van der Waals surface area (Å²) in [6, 6.07) is 5.93. The summed E-state index contributed by atoms with van der Waals surface area (Å²) in [5.74, 6) is -2.75.